The van der Waals surface area contributed by atoms with Crippen LogP contribution in [0.15, 0.2) is 12.1 Å². The molecule has 0 atom stereocenters. The van der Waals surface area contributed by atoms with Gasteiger partial charge in [-0.05, 0) is 34.7 Å². The van der Waals surface area contributed by atoms with Crippen molar-refractivity contribution in [3.8, 4) is 0 Å². The Morgan fingerprint density at radius 3 is 2.92 bits per heavy atom. The van der Waals surface area contributed by atoms with E-state index in [4.69, 9.17) is 11.6 Å². The van der Waals surface area contributed by atoms with Gasteiger partial charge < -0.3 is 0 Å². The standard InChI is InChI=1S/C8H5ClFIN2/c1-13-7-5(8(11)12-13)2-4(9)3-6(7)10/h2-3H,1H3. The van der Waals surface area contributed by atoms with Gasteiger partial charge >= 0.3 is 0 Å². The maximum atomic E-state index is 13.4. The maximum Gasteiger partial charge on any atom is 0.150 e. The molecule has 0 spiro atoms. The molecule has 0 aliphatic heterocycles. The molecule has 0 fully saturated rings. The molecule has 0 aliphatic rings. The molecule has 0 N–H and O–H groups in total. The van der Waals surface area contributed by atoms with E-state index in [-0.39, 0.29) is 5.82 Å². The zero-order chi connectivity index (χ0) is 9.59. The molecule has 0 amide bonds. The molecule has 0 aliphatic carbocycles. The monoisotopic (exact) mass is 310 g/mol. The first-order chi connectivity index (χ1) is 6.09. The van der Waals surface area contributed by atoms with E-state index in [2.05, 4.69) is 27.7 Å². The van der Waals surface area contributed by atoms with Crippen LogP contribution in [-0.2, 0) is 7.05 Å². The maximum absolute atomic E-state index is 13.4. The zero-order valence-electron chi connectivity index (χ0n) is 6.68. The highest BCUT2D eigenvalue weighted by Crippen LogP contribution is 2.25. The number of benzene rings is 1. The number of aryl methyl sites for hydroxylation is 1. The van der Waals surface area contributed by atoms with Gasteiger partial charge in [-0.1, -0.05) is 11.6 Å². The molecule has 2 nitrogen and oxygen atoms in total. The molecule has 13 heavy (non-hydrogen) atoms. The molecule has 5 heteroatoms. The second kappa shape index (κ2) is 3.09. The molecule has 2 aromatic rings. The van der Waals surface area contributed by atoms with Crippen LogP contribution in [0, 0.1) is 9.52 Å². The predicted octanol–water partition coefficient (Wildman–Crippen LogP) is 2.97. The zero-order valence-corrected chi connectivity index (χ0v) is 9.60. The minimum absolute atomic E-state index is 0.333. The summed E-state index contributed by atoms with van der Waals surface area (Å²) < 4.78 is 15.6. The molecule has 1 heterocycles. The molecule has 1 aromatic carbocycles. The number of halogens is 3. The highest BCUT2D eigenvalue weighted by molar-refractivity contribution is 14.1. The Balaban J connectivity index is 2.97. The van der Waals surface area contributed by atoms with Crippen LogP contribution in [-0.4, -0.2) is 9.78 Å². The highest BCUT2D eigenvalue weighted by atomic mass is 127. The van der Waals surface area contributed by atoms with Crippen molar-refractivity contribution in [2.24, 2.45) is 7.05 Å². The van der Waals surface area contributed by atoms with Gasteiger partial charge in [0.25, 0.3) is 0 Å². The number of nitrogens with zero attached hydrogens (tertiary/aromatic N) is 2. The second-order valence-electron chi connectivity index (χ2n) is 2.70. The topological polar surface area (TPSA) is 17.8 Å². The fourth-order valence-electron chi connectivity index (χ4n) is 1.29. The number of rotatable bonds is 0. The van der Waals surface area contributed by atoms with Crippen molar-refractivity contribution in [2.75, 3.05) is 0 Å². The fourth-order valence-corrected chi connectivity index (χ4v) is 2.23. The average molecular weight is 310 g/mol. The number of aromatic nitrogens is 2. The number of hydrogen-bond donors (Lipinski definition) is 0. The third-order valence-electron chi connectivity index (χ3n) is 1.81. The smallest absolute Gasteiger partial charge is 0.150 e. The molecular weight excluding hydrogens is 305 g/mol. The van der Waals surface area contributed by atoms with E-state index < -0.39 is 0 Å². The van der Waals surface area contributed by atoms with Crippen molar-refractivity contribution in [2.45, 2.75) is 0 Å². The van der Waals surface area contributed by atoms with Crippen LogP contribution in [0.4, 0.5) is 4.39 Å². The van der Waals surface area contributed by atoms with E-state index in [1.54, 1.807) is 13.1 Å². The average Bonchev–Trinajstić information content (AvgIpc) is 2.27. The lowest BCUT2D eigenvalue weighted by Crippen LogP contribution is -1.91. The summed E-state index contributed by atoms with van der Waals surface area (Å²) in [4.78, 5) is 0. The first kappa shape index (κ1) is 9.21. The minimum Gasteiger partial charge on any atom is -0.264 e. The summed E-state index contributed by atoms with van der Waals surface area (Å²) in [6.07, 6.45) is 0. The predicted molar refractivity (Wildman–Crippen MR) is 58.4 cm³/mol. The Hall–Kier alpha value is -0.360. The molecule has 0 saturated carbocycles. The first-order valence-electron chi connectivity index (χ1n) is 3.57. The summed E-state index contributed by atoms with van der Waals surface area (Å²) in [7, 11) is 1.71. The Bertz CT molecular complexity index is 480. The Labute approximate surface area is 92.8 Å². The molecule has 0 unspecified atom stereocenters. The van der Waals surface area contributed by atoms with Crippen molar-refractivity contribution >= 4 is 45.1 Å². The summed E-state index contributed by atoms with van der Waals surface area (Å²) in [5, 5.41) is 5.25. The molecule has 68 valence electrons. The summed E-state index contributed by atoms with van der Waals surface area (Å²) in [5.74, 6) is -0.333. The van der Waals surface area contributed by atoms with E-state index >= 15 is 0 Å². The van der Waals surface area contributed by atoms with Crippen LogP contribution < -0.4 is 0 Å². The molecule has 0 radical (unpaired) electrons. The van der Waals surface area contributed by atoms with E-state index in [1.807, 2.05) is 0 Å². The van der Waals surface area contributed by atoms with Crippen LogP contribution in [0.5, 0.6) is 0 Å². The lowest BCUT2D eigenvalue weighted by Gasteiger charge is -1.96. The van der Waals surface area contributed by atoms with E-state index in [9.17, 15) is 4.39 Å². The van der Waals surface area contributed by atoms with E-state index in [1.165, 1.54) is 10.7 Å². The summed E-state index contributed by atoms with van der Waals surface area (Å²) in [6, 6.07) is 3.01. The largest absolute Gasteiger partial charge is 0.264 e. The third kappa shape index (κ3) is 1.42. The molecule has 1 aromatic heterocycles. The summed E-state index contributed by atoms with van der Waals surface area (Å²) in [5.41, 5.74) is 0.494. The molecular formula is C8H5ClFIN2. The minimum atomic E-state index is -0.333. The van der Waals surface area contributed by atoms with Gasteiger partial charge in [-0.3, -0.25) is 4.68 Å². The third-order valence-corrected chi connectivity index (χ3v) is 2.83. The lowest BCUT2D eigenvalue weighted by molar-refractivity contribution is 0.625. The van der Waals surface area contributed by atoms with E-state index in [0.717, 1.165) is 9.09 Å². The second-order valence-corrected chi connectivity index (χ2v) is 4.16. The van der Waals surface area contributed by atoms with E-state index in [0.29, 0.717) is 10.5 Å². The van der Waals surface area contributed by atoms with Crippen LogP contribution >= 0.6 is 34.2 Å². The lowest BCUT2D eigenvalue weighted by atomic mass is 10.2. The van der Waals surface area contributed by atoms with Gasteiger partial charge in [0.2, 0.25) is 0 Å². The Kier molecular flexibility index (Phi) is 2.19. The van der Waals surface area contributed by atoms with Crippen LogP contribution in [0.3, 0.4) is 0 Å². The van der Waals surface area contributed by atoms with Crippen LogP contribution in [0.1, 0.15) is 0 Å². The Morgan fingerprint density at radius 1 is 1.54 bits per heavy atom. The normalized spacial score (nSPS) is 11.1. The molecule has 0 saturated heterocycles. The van der Waals surface area contributed by atoms with Gasteiger partial charge in [-0.15, -0.1) is 0 Å². The van der Waals surface area contributed by atoms with Gasteiger partial charge in [0.05, 0.1) is 0 Å². The van der Waals surface area contributed by atoms with Crippen molar-refractivity contribution in [1.82, 2.24) is 9.78 Å². The van der Waals surface area contributed by atoms with Gasteiger partial charge in [0.1, 0.15) is 9.22 Å². The molecule has 0 bridgehead atoms. The SMILES string of the molecule is Cn1nc(I)c2cc(Cl)cc(F)c21. The highest BCUT2D eigenvalue weighted by Gasteiger charge is 2.11. The van der Waals surface area contributed by atoms with Gasteiger partial charge in [-0.25, -0.2) is 4.39 Å². The number of fused-ring (bicyclic) bond motifs is 1. The van der Waals surface area contributed by atoms with Crippen LogP contribution in [0.25, 0.3) is 10.9 Å². The first-order valence-corrected chi connectivity index (χ1v) is 5.02. The van der Waals surface area contributed by atoms with Crippen molar-refractivity contribution in [3.05, 3.63) is 26.7 Å². The Morgan fingerprint density at radius 2 is 2.23 bits per heavy atom. The van der Waals surface area contributed by atoms with Gasteiger partial charge in [0, 0.05) is 17.5 Å². The van der Waals surface area contributed by atoms with Crippen molar-refractivity contribution in [3.63, 3.8) is 0 Å². The van der Waals surface area contributed by atoms with Crippen molar-refractivity contribution < 1.29 is 4.39 Å². The molecule has 2 rings (SSSR count). The van der Waals surface area contributed by atoms with Gasteiger partial charge in [-0.2, -0.15) is 5.10 Å². The summed E-state index contributed by atoms with van der Waals surface area (Å²) >= 11 is 7.78. The quantitative estimate of drug-likeness (QED) is 0.684. The summed E-state index contributed by atoms with van der Waals surface area (Å²) in [6.45, 7) is 0. The van der Waals surface area contributed by atoms with Crippen LogP contribution in [0.2, 0.25) is 5.02 Å². The van der Waals surface area contributed by atoms with Gasteiger partial charge in [0.15, 0.2) is 5.82 Å². The fraction of sp³-hybridized carbons (Fsp3) is 0.125. The number of hydrogen-bond acceptors (Lipinski definition) is 1. The van der Waals surface area contributed by atoms with Crippen molar-refractivity contribution in [1.29, 1.82) is 0 Å².